The van der Waals surface area contributed by atoms with Crippen LogP contribution >= 0.6 is 0 Å². The number of ketones is 1. The Balaban J connectivity index is 2.08. The van der Waals surface area contributed by atoms with Gasteiger partial charge in [0, 0.05) is 36.6 Å². The Labute approximate surface area is 121 Å². The number of morpholine rings is 1. The Hall–Kier alpha value is -1.13. The number of carbonyl (C=O) groups excluding carboxylic acids is 1. The first kappa shape index (κ1) is 15.3. The number of aromatic nitrogens is 1. The van der Waals surface area contributed by atoms with Gasteiger partial charge in [-0.15, -0.1) is 0 Å². The summed E-state index contributed by atoms with van der Waals surface area (Å²) in [5.41, 5.74) is 3.12. The minimum Gasteiger partial charge on any atom is -0.373 e. The summed E-state index contributed by atoms with van der Waals surface area (Å²) in [5, 5.41) is 0. The highest BCUT2D eigenvalue weighted by molar-refractivity contribution is 5.99. The first-order valence-electron chi connectivity index (χ1n) is 7.50. The summed E-state index contributed by atoms with van der Waals surface area (Å²) in [6.07, 6.45) is 0.407. The maximum absolute atomic E-state index is 12.5. The molecule has 112 valence electrons. The predicted molar refractivity (Wildman–Crippen MR) is 80.4 cm³/mol. The van der Waals surface area contributed by atoms with E-state index in [1.807, 2.05) is 13.0 Å². The van der Waals surface area contributed by atoms with Crippen LogP contribution < -0.4 is 0 Å². The highest BCUT2D eigenvalue weighted by Crippen LogP contribution is 2.17. The third-order valence-electron chi connectivity index (χ3n) is 4.05. The highest BCUT2D eigenvalue weighted by Gasteiger charge is 2.25. The van der Waals surface area contributed by atoms with Crippen LogP contribution in [0.3, 0.4) is 0 Å². The number of hydrogen-bond donors (Lipinski definition) is 0. The van der Waals surface area contributed by atoms with Gasteiger partial charge in [0.15, 0.2) is 5.78 Å². The number of ether oxygens (including phenoxy) is 1. The molecule has 1 aliphatic heterocycles. The summed E-state index contributed by atoms with van der Waals surface area (Å²) < 4.78 is 7.90. The van der Waals surface area contributed by atoms with Gasteiger partial charge in [-0.2, -0.15) is 0 Å². The van der Waals surface area contributed by atoms with E-state index in [1.165, 1.54) is 0 Å². The molecule has 1 saturated heterocycles. The van der Waals surface area contributed by atoms with Gasteiger partial charge >= 0.3 is 0 Å². The summed E-state index contributed by atoms with van der Waals surface area (Å²) in [7, 11) is 0. The van der Waals surface area contributed by atoms with E-state index in [0.717, 1.165) is 36.6 Å². The normalized spacial score (nSPS) is 24.1. The fourth-order valence-corrected chi connectivity index (χ4v) is 3.27. The number of nitrogens with zero attached hydrogens (tertiary/aromatic N) is 2. The van der Waals surface area contributed by atoms with Crippen LogP contribution in [0.1, 0.15) is 42.5 Å². The largest absolute Gasteiger partial charge is 0.373 e. The van der Waals surface area contributed by atoms with Crippen LogP contribution in [0.2, 0.25) is 0 Å². The van der Waals surface area contributed by atoms with Crippen molar-refractivity contribution in [2.24, 2.45) is 0 Å². The first-order valence-corrected chi connectivity index (χ1v) is 7.50. The Kier molecular flexibility index (Phi) is 4.66. The van der Waals surface area contributed by atoms with E-state index < -0.39 is 0 Å². The molecule has 0 N–H and O–H groups in total. The SMILES string of the molecule is CCn1c(C)cc(C(=O)CN2C[C@@H](C)O[C@@H](C)C2)c1C. The average molecular weight is 278 g/mol. The van der Waals surface area contributed by atoms with Crippen LogP contribution in [0.4, 0.5) is 0 Å². The molecule has 2 atom stereocenters. The molecule has 2 heterocycles. The zero-order chi connectivity index (χ0) is 14.9. The van der Waals surface area contributed by atoms with E-state index in [2.05, 4.69) is 37.2 Å². The van der Waals surface area contributed by atoms with E-state index in [-0.39, 0.29) is 18.0 Å². The number of rotatable bonds is 4. The van der Waals surface area contributed by atoms with Gasteiger partial charge in [-0.3, -0.25) is 9.69 Å². The standard InChI is InChI=1S/C16H26N2O2/c1-6-18-11(2)7-15(14(18)5)16(19)10-17-8-12(3)20-13(4)9-17/h7,12-13H,6,8-10H2,1-5H3/t12-,13+. The topological polar surface area (TPSA) is 34.5 Å². The van der Waals surface area contributed by atoms with Gasteiger partial charge < -0.3 is 9.30 Å². The fraction of sp³-hybridized carbons (Fsp3) is 0.688. The van der Waals surface area contributed by atoms with Gasteiger partial charge in [0.2, 0.25) is 0 Å². The summed E-state index contributed by atoms with van der Waals surface area (Å²) in [4.78, 5) is 14.7. The molecule has 1 aromatic heterocycles. The Bertz CT molecular complexity index is 483. The van der Waals surface area contributed by atoms with Gasteiger partial charge in [0.05, 0.1) is 18.8 Å². The molecule has 20 heavy (non-hydrogen) atoms. The van der Waals surface area contributed by atoms with Crippen molar-refractivity contribution in [3.8, 4) is 0 Å². The van der Waals surface area contributed by atoms with Crippen molar-refractivity contribution in [3.05, 3.63) is 23.0 Å². The van der Waals surface area contributed by atoms with E-state index in [1.54, 1.807) is 0 Å². The fourth-order valence-electron chi connectivity index (χ4n) is 3.27. The number of carbonyl (C=O) groups is 1. The lowest BCUT2D eigenvalue weighted by atomic mass is 10.1. The molecule has 0 amide bonds. The second kappa shape index (κ2) is 6.10. The van der Waals surface area contributed by atoms with Crippen molar-refractivity contribution in [1.82, 2.24) is 9.47 Å². The summed E-state index contributed by atoms with van der Waals surface area (Å²) in [6.45, 7) is 13.4. The highest BCUT2D eigenvalue weighted by atomic mass is 16.5. The second-order valence-corrected chi connectivity index (χ2v) is 5.90. The monoisotopic (exact) mass is 278 g/mol. The van der Waals surface area contributed by atoms with Crippen LogP contribution in [-0.4, -0.2) is 47.1 Å². The molecule has 4 nitrogen and oxygen atoms in total. The molecule has 4 heteroatoms. The van der Waals surface area contributed by atoms with Gasteiger partial charge in [-0.05, 0) is 40.7 Å². The van der Waals surface area contributed by atoms with E-state index in [0.29, 0.717) is 6.54 Å². The van der Waals surface area contributed by atoms with Crippen LogP contribution in [0, 0.1) is 13.8 Å². The van der Waals surface area contributed by atoms with Crippen LogP contribution in [0.5, 0.6) is 0 Å². The smallest absolute Gasteiger partial charge is 0.178 e. The van der Waals surface area contributed by atoms with Gasteiger partial charge in [-0.25, -0.2) is 0 Å². The van der Waals surface area contributed by atoms with Crippen LogP contribution in [0.15, 0.2) is 6.07 Å². The zero-order valence-electron chi connectivity index (χ0n) is 13.3. The quantitative estimate of drug-likeness (QED) is 0.793. The molecule has 0 radical (unpaired) electrons. The number of aryl methyl sites for hydroxylation is 1. The maximum Gasteiger partial charge on any atom is 0.178 e. The number of Topliss-reactive ketones (excluding diaryl/α,β-unsaturated/α-hetero) is 1. The third-order valence-corrected chi connectivity index (χ3v) is 4.05. The van der Waals surface area contributed by atoms with E-state index in [4.69, 9.17) is 4.74 Å². The zero-order valence-corrected chi connectivity index (χ0v) is 13.3. The van der Waals surface area contributed by atoms with E-state index >= 15 is 0 Å². The molecular weight excluding hydrogens is 252 g/mol. The van der Waals surface area contributed by atoms with Gasteiger partial charge in [-0.1, -0.05) is 0 Å². The molecule has 1 fully saturated rings. The minimum absolute atomic E-state index is 0.203. The van der Waals surface area contributed by atoms with Crippen LogP contribution in [-0.2, 0) is 11.3 Å². The van der Waals surface area contributed by atoms with Crippen molar-refractivity contribution in [3.63, 3.8) is 0 Å². The molecule has 0 unspecified atom stereocenters. The Morgan fingerprint density at radius 3 is 2.40 bits per heavy atom. The van der Waals surface area contributed by atoms with Crippen molar-refractivity contribution < 1.29 is 9.53 Å². The van der Waals surface area contributed by atoms with Crippen molar-refractivity contribution in [2.75, 3.05) is 19.6 Å². The first-order chi connectivity index (χ1) is 9.42. The van der Waals surface area contributed by atoms with E-state index in [9.17, 15) is 4.79 Å². The summed E-state index contributed by atoms with van der Waals surface area (Å²) in [6, 6.07) is 2.02. The average Bonchev–Trinajstić information content (AvgIpc) is 2.63. The Morgan fingerprint density at radius 2 is 1.90 bits per heavy atom. The van der Waals surface area contributed by atoms with Gasteiger partial charge in [0.1, 0.15) is 0 Å². The molecule has 2 rings (SSSR count). The Morgan fingerprint density at radius 1 is 1.30 bits per heavy atom. The summed E-state index contributed by atoms with van der Waals surface area (Å²) >= 11 is 0. The minimum atomic E-state index is 0.203. The molecular formula is C16H26N2O2. The lowest BCUT2D eigenvalue weighted by Gasteiger charge is -2.34. The molecule has 0 aromatic carbocycles. The molecule has 0 bridgehead atoms. The lowest BCUT2D eigenvalue weighted by Crippen LogP contribution is -2.47. The molecule has 0 saturated carbocycles. The molecule has 0 spiro atoms. The van der Waals surface area contributed by atoms with Crippen LogP contribution in [0.25, 0.3) is 0 Å². The van der Waals surface area contributed by atoms with Crippen molar-refractivity contribution in [2.45, 2.75) is 53.4 Å². The molecule has 0 aliphatic carbocycles. The van der Waals surface area contributed by atoms with Crippen molar-refractivity contribution >= 4 is 5.78 Å². The predicted octanol–water partition coefficient (Wildman–Crippen LogP) is 2.42. The molecule has 1 aliphatic rings. The lowest BCUT2D eigenvalue weighted by molar-refractivity contribution is -0.0652. The van der Waals surface area contributed by atoms with Gasteiger partial charge in [0.25, 0.3) is 0 Å². The second-order valence-electron chi connectivity index (χ2n) is 5.90. The summed E-state index contributed by atoms with van der Waals surface area (Å²) in [5.74, 6) is 0.221. The number of hydrogen-bond acceptors (Lipinski definition) is 3. The maximum atomic E-state index is 12.5. The third kappa shape index (κ3) is 3.13. The van der Waals surface area contributed by atoms with Crippen molar-refractivity contribution in [1.29, 1.82) is 0 Å². The molecule has 1 aromatic rings.